The van der Waals surface area contributed by atoms with Gasteiger partial charge in [0.25, 0.3) is 0 Å². The fourth-order valence-electron chi connectivity index (χ4n) is 1.82. The highest BCUT2D eigenvalue weighted by Crippen LogP contribution is 2.33. The Labute approximate surface area is 124 Å². The maximum Gasteiger partial charge on any atom is 0.144 e. The van der Waals surface area contributed by atoms with Gasteiger partial charge >= 0.3 is 0 Å². The minimum atomic E-state index is 0.836. The number of halogens is 2. The van der Waals surface area contributed by atoms with E-state index < -0.39 is 0 Å². The summed E-state index contributed by atoms with van der Waals surface area (Å²) < 4.78 is 2.05. The van der Waals surface area contributed by atoms with Crippen molar-refractivity contribution in [3.05, 3.63) is 50.0 Å². The number of aryl methyl sites for hydroxylation is 3. The van der Waals surface area contributed by atoms with E-state index >= 15 is 0 Å². The molecule has 94 valence electrons. The molecule has 0 bridgehead atoms. The Kier molecular flexibility index (Phi) is 4.07. The van der Waals surface area contributed by atoms with Gasteiger partial charge in [-0.15, -0.1) is 0 Å². The highest BCUT2D eigenvalue weighted by Gasteiger charge is 2.09. The monoisotopic (exact) mass is 368 g/mol. The van der Waals surface area contributed by atoms with Crippen molar-refractivity contribution in [2.45, 2.75) is 20.8 Å². The van der Waals surface area contributed by atoms with Crippen molar-refractivity contribution in [3.8, 4) is 0 Å². The van der Waals surface area contributed by atoms with E-state index in [2.05, 4.69) is 68.1 Å². The summed E-state index contributed by atoms with van der Waals surface area (Å²) in [5.41, 5.74) is 4.64. The molecule has 0 spiro atoms. The molecule has 1 aromatic heterocycles. The topological polar surface area (TPSA) is 24.9 Å². The van der Waals surface area contributed by atoms with Crippen LogP contribution in [0.1, 0.15) is 16.7 Å². The van der Waals surface area contributed by atoms with Crippen LogP contribution in [0.25, 0.3) is 0 Å². The lowest BCUT2D eigenvalue weighted by Crippen LogP contribution is -1.99. The number of benzene rings is 1. The van der Waals surface area contributed by atoms with Gasteiger partial charge in [-0.25, -0.2) is 4.98 Å². The van der Waals surface area contributed by atoms with Crippen molar-refractivity contribution in [2.24, 2.45) is 0 Å². The molecule has 0 aliphatic heterocycles. The molecule has 0 saturated carbocycles. The molecule has 0 aliphatic carbocycles. The van der Waals surface area contributed by atoms with Gasteiger partial charge in [0.2, 0.25) is 0 Å². The third-order valence-electron chi connectivity index (χ3n) is 2.76. The molecule has 0 saturated heterocycles. The minimum Gasteiger partial charge on any atom is -0.338 e. The Bertz CT molecular complexity index is 571. The zero-order chi connectivity index (χ0) is 13.3. The van der Waals surface area contributed by atoms with E-state index in [-0.39, 0.29) is 0 Å². The molecule has 1 aromatic carbocycles. The fourth-order valence-corrected chi connectivity index (χ4v) is 2.93. The van der Waals surface area contributed by atoms with Crippen LogP contribution in [0.5, 0.6) is 0 Å². The highest BCUT2D eigenvalue weighted by molar-refractivity contribution is 9.11. The molecule has 0 aliphatic rings. The van der Waals surface area contributed by atoms with E-state index in [9.17, 15) is 0 Å². The van der Waals surface area contributed by atoms with Crippen molar-refractivity contribution in [3.63, 3.8) is 0 Å². The van der Waals surface area contributed by atoms with Crippen LogP contribution in [0.2, 0.25) is 0 Å². The maximum atomic E-state index is 4.36. The number of pyridine rings is 1. The number of nitrogens with zero attached hydrogens (tertiary/aromatic N) is 1. The maximum absolute atomic E-state index is 4.36. The van der Waals surface area contributed by atoms with Crippen molar-refractivity contribution in [2.75, 3.05) is 5.32 Å². The summed E-state index contributed by atoms with van der Waals surface area (Å²) in [7, 11) is 0. The predicted molar refractivity (Wildman–Crippen MR) is 83.6 cm³/mol. The lowest BCUT2D eigenvalue weighted by molar-refractivity contribution is 1.24. The Balaban J connectivity index is 2.43. The van der Waals surface area contributed by atoms with Gasteiger partial charge in [0.05, 0.1) is 10.2 Å². The van der Waals surface area contributed by atoms with Crippen molar-refractivity contribution >= 4 is 43.4 Å². The van der Waals surface area contributed by atoms with Crippen molar-refractivity contribution < 1.29 is 0 Å². The zero-order valence-electron chi connectivity index (χ0n) is 10.5. The van der Waals surface area contributed by atoms with Crippen LogP contribution >= 0.6 is 31.9 Å². The fraction of sp³-hybridized carbons (Fsp3) is 0.214. The molecule has 0 fully saturated rings. The normalized spacial score (nSPS) is 10.5. The van der Waals surface area contributed by atoms with Crippen molar-refractivity contribution in [1.29, 1.82) is 0 Å². The van der Waals surface area contributed by atoms with Crippen LogP contribution < -0.4 is 5.32 Å². The number of rotatable bonds is 2. The average molecular weight is 370 g/mol. The first-order valence-corrected chi connectivity index (χ1v) is 7.22. The lowest BCUT2D eigenvalue weighted by Gasteiger charge is -2.14. The number of hydrogen-bond acceptors (Lipinski definition) is 2. The predicted octanol–water partition coefficient (Wildman–Crippen LogP) is 5.28. The Morgan fingerprint density at radius 3 is 2.44 bits per heavy atom. The molecule has 0 atom stereocenters. The van der Waals surface area contributed by atoms with Gasteiger partial charge in [-0.05, 0) is 81.5 Å². The molecular weight excluding hydrogens is 356 g/mol. The first-order valence-electron chi connectivity index (χ1n) is 5.64. The summed E-state index contributed by atoms with van der Waals surface area (Å²) in [6.45, 7) is 6.22. The summed E-state index contributed by atoms with van der Waals surface area (Å²) in [5.74, 6) is 0.836. The molecule has 2 rings (SSSR count). The van der Waals surface area contributed by atoms with Crippen LogP contribution in [-0.2, 0) is 0 Å². The summed E-state index contributed by atoms with van der Waals surface area (Å²) in [4.78, 5) is 4.36. The van der Waals surface area contributed by atoms with E-state index in [1.165, 1.54) is 11.1 Å². The molecule has 0 unspecified atom stereocenters. The van der Waals surface area contributed by atoms with Crippen LogP contribution in [0.3, 0.4) is 0 Å². The SMILES string of the molecule is Cc1cc(C)c(Nc2nccc(C)c2Br)c(Br)c1. The number of anilines is 2. The lowest BCUT2D eigenvalue weighted by atomic mass is 10.1. The Morgan fingerprint density at radius 1 is 1.06 bits per heavy atom. The van der Waals surface area contributed by atoms with Crippen LogP contribution in [0, 0.1) is 20.8 Å². The Morgan fingerprint density at radius 2 is 1.78 bits per heavy atom. The first kappa shape index (κ1) is 13.6. The van der Waals surface area contributed by atoms with E-state index in [1.54, 1.807) is 6.20 Å². The summed E-state index contributed by atoms with van der Waals surface area (Å²) in [5, 5.41) is 3.37. The van der Waals surface area contributed by atoms with Gasteiger partial charge in [-0.1, -0.05) is 6.07 Å². The quantitative estimate of drug-likeness (QED) is 0.779. The number of nitrogens with one attached hydrogen (secondary N) is 1. The molecule has 0 radical (unpaired) electrons. The van der Waals surface area contributed by atoms with E-state index in [0.717, 1.165) is 26.0 Å². The van der Waals surface area contributed by atoms with E-state index in [1.807, 2.05) is 13.0 Å². The van der Waals surface area contributed by atoms with Crippen molar-refractivity contribution in [1.82, 2.24) is 4.98 Å². The minimum absolute atomic E-state index is 0.836. The van der Waals surface area contributed by atoms with Gasteiger partial charge in [0.15, 0.2) is 0 Å². The second kappa shape index (κ2) is 5.41. The van der Waals surface area contributed by atoms with Gasteiger partial charge < -0.3 is 5.32 Å². The standard InChI is InChI=1S/C14H14Br2N2/c1-8-6-10(3)13(11(15)7-8)18-14-12(16)9(2)4-5-17-14/h4-7H,1-3H3,(H,17,18). The largest absolute Gasteiger partial charge is 0.338 e. The molecule has 0 amide bonds. The van der Waals surface area contributed by atoms with Gasteiger partial charge in [-0.3, -0.25) is 0 Å². The number of hydrogen-bond donors (Lipinski definition) is 1. The molecule has 4 heteroatoms. The third-order valence-corrected chi connectivity index (χ3v) is 4.38. The van der Waals surface area contributed by atoms with Crippen LogP contribution in [0.15, 0.2) is 33.3 Å². The Hall–Kier alpha value is -0.870. The molecule has 1 heterocycles. The van der Waals surface area contributed by atoms with Gasteiger partial charge in [0, 0.05) is 10.7 Å². The zero-order valence-corrected chi connectivity index (χ0v) is 13.7. The first-order chi connectivity index (χ1) is 8.49. The van der Waals surface area contributed by atoms with E-state index in [0.29, 0.717) is 0 Å². The van der Waals surface area contributed by atoms with E-state index in [4.69, 9.17) is 0 Å². The van der Waals surface area contributed by atoms with Crippen LogP contribution in [0.4, 0.5) is 11.5 Å². The summed E-state index contributed by atoms with van der Waals surface area (Å²) in [6, 6.07) is 6.22. The van der Waals surface area contributed by atoms with Crippen LogP contribution in [-0.4, -0.2) is 4.98 Å². The summed E-state index contributed by atoms with van der Waals surface area (Å²) >= 11 is 7.15. The molecule has 18 heavy (non-hydrogen) atoms. The second-order valence-corrected chi connectivity index (χ2v) is 6.00. The number of aromatic nitrogens is 1. The van der Waals surface area contributed by atoms with Gasteiger partial charge in [-0.2, -0.15) is 0 Å². The average Bonchev–Trinajstić information content (AvgIpc) is 2.28. The highest BCUT2D eigenvalue weighted by atomic mass is 79.9. The molecule has 2 nitrogen and oxygen atoms in total. The molecule has 1 N–H and O–H groups in total. The third kappa shape index (κ3) is 2.75. The molecule has 2 aromatic rings. The van der Waals surface area contributed by atoms with Gasteiger partial charge in [0.1, 0.15) is 5.82 Å². The second-order valence-electron chi connectivity index (χ2n) is 4.35. The molecular formula is C14H14Br2N2. The smallest absolute Gasteiger partial charge is 0.144 e. The summed E-state index contributed by atoms with van der Waals surface area (Å²) in [6.07, 6.45) is 1.81.